The summed E-state index contributed by atoms with van der Waals surface area (Å²) in [6.45, 7) is 4.05. The van der Waals surface area contributed by atoms with E-state index < -0.39 is 5.97 Å². The summed E-state index contributed by atoms with van der Waals surface area (Å²) >= 11 is 3.45. The van der Waals surface area contributed by atoms with Crippen LogP contribution >= 0.6 is 15.9 Å². The van der Waals surface area contributed by atoms with Crippen LogP contribution in [0.5, 0.6) is 0 Å². The van der Waals surface area contributed by atoms with Crippen molar-refractivity contribution in [3.8, 4) is 0 Å². The zero-order valence-electron chi connectivity index (χ0n) is 6.35. The predicted octanol–water partition coefficient (Wildman–Crippen LogP) is 2.41. The highest BCUT2D eigenvalue weighted by Gasteiger charge is 2.18. The van der Waals surface area contributed by atoms with Gasteiger partial charge in [-0.2, -0.15) is 0 Å². The number of carboxylic acid groups (broad SMARTS) is 1. The lowest BCUT2D eigenvalue weighted by atomic mass is 10.0. The summed E-state index contributed by atoms with van der Waals surface area (Å²) < 4.78 is 0.00535. The number of carbonyl (C=O) groups is 1. The molecule has 0 spiro atoms. The molecule has 0 amide bonds. The molecule has 0 bridgehead atoms. The largest absolute Gasteiger partial charge is 0.481 e. The molecule has 0 radical (unpaired) electrons. The molecular weight excluding hydrogens is 196 g/mol. The van der Waals surface area contributed by atoms with Gasteiger partial charge in [-0.3, -0.25) is 4.79 Å². The number of alkyl halides is 1. The SMILES string of the molecule is CCC(C)(Br)CCC(=O)O. The third-order valence-corrected chi connectivity index (χ3v) is 2.55. The summed E-state index contributed by atoms with van der Waals surface area (Å²) in [5.74, 6) is -0.723. The maximum Gasteiger partial charge on any atom is 0.303 e. The number of hydrogen-bond donors (Lipinski definition) is 1. The lowest BCUT2D eigenvalue weighted by Gasteiger charge is -2.18. The van der Waals surface area contributed by atoms with E-state index in [9.17, 15) is 4.79 Å². The van der Waals surface area contributed by atoms with Gasteiger partial charge in [0.05, 0.1) is 0 Å². The first-order chi connectivity index (χ1) is 4.48. The quantitative estimate of drug-likeness (QED) is 0.722. The van der Waals surface area contributed by atoms with Gasteiger partial charge in [0.2, 0.25) is 0 Å². The van der Waals surface area contributed by atoms with E-state index in [2.05, 4.69) is 15.9 Å². The maximum absolute atomic E-state index is 10.1. The lowest BCUT2D eigenvalue weighted by Crippen LogP contribution is -2.15. The van der Waals surface area contributed by atoms with E-state index in [0.29, 0.717) is 6.42 Å². The molecule has 1 atom stereocenters. The van der Waals surface area contributed by atoms with Gasteiger partial charge in [-0.1, -0.05) is 22.9 Å². The van der Waals surface area contributed by atoms with Crippen molar-refractivity contribution in [2.75, 3.05) is 0 Å². The Kier molecular flexibility index (Phi) is 3.94. The zero-order valence-corrected chi connectivity index (χ0v) is 7.94. The van der Waals surface area contributed by atoms with Gasteiger partial charge in [0.1, 0.15) is 0 Å². The van der Waals surface area contributed by atoms with Crippen LogP contribution in [-0.4, -0.2) is 15.4 Å². The molecule has 0 saturated carbocycles. The van der Waals surface area contributed by atoms with Crippen LogP contribution in [0.1, 0.15) is 33.1 Å². The molecule has 0 aromatic heterocycles. The monoisotopic (exact) mass is 208 g/mol. The molecule has 0 aliphatic heterocycles. The standard InChI is InChI=1S/C7H13BrO2/c1-3-7(2,8)5-4-6(9)10/h3-5H2,1-2H3,(H,9,10). The summed E-state index contributed by atoms with van der Waals surface area (Å²) in [5.41, 5.74) is 0. The second kappa shape index (κ2) is 3.96. The van der Waals surface area contributed by atoms with E-state index in [4.69, 9.17) is 5.11 Å². The smallest absolute Gasteiger partial charge is 0.303 e. The second-order valence-corrected chi connectivity index (χ2v) is 4.58. The van der Waals surface area contributed by atoms with Gasteiger partial charge in [-0.05, 0) is 19.8 Å². The van der Waals surface area contributed by atoms with Gasteiger partial charge < -0.3 is 5.11 Å². The second-order valence-electron chi connectivity index (χ2n) is 2.66. The van der Waals surface area contributed by atoms with Crippen molar-refractivity contribution < 1.29 is 9.90 Å². The maximum atomic E-state index is 10.1. The van der Waals surface area contributed by atoms with Crippen LogP contribution in [0.4, 0.5) is 0 Å². The molecule has 0 rings (SSSR count). The lowest BCUT2D eigenvalue weighted by molar-refractivity contribution is -0.137. The topological polar surface area (TPSA) is 37.3 Å². The first-order valence-electron chi connectivity index (χ1n) is 3.38. The van der Waals surface area contributed by atoms with Crippen molar-refractivity contribution in [2.24, 2.45) is 0 Å². The highest BCUT2D eigenvalue weighted by Crippen LogP contribution is 2.26. The van der Waals surface area contributed by atoms with E-state index in [1.165, 1.54) is 0 Å². The van der Waals surface area contributed by atoms with Gasteiger partial charge in [-0.15, -0.1) is 0 Å². The Bertz CT molecular complexity index is 121. The van der Waals surface area contributed by atoms with E-state index in [0.717, 1.165) is 6.42 Å². The molecule has 1 unspecified atom stereocenters. The van der Waals surface area contributed by atoms with Crippen LogP contribution in [-0.2, 0) is 4.79 Å². The van der Waals surface area contributed by atoms with Crippen LogP contribution in [0, 0.1) is 0 Å². The average molecular weight is 209 g/mol. The molecule has 0 aromatic carbocycles. The van der Waals surface area contributed by atoms with Gasteiger partial charge in [-0.25, -0.2) is 0 Å². The van der Waals surface area contributed by atoms with Gasteiger partial charge >= 0.3 is 5.97 Å². The number of halogens is 1. The first-order valence-corrected chi connectivity index (χ1v) is 4.18. The molecule has 10 heavy (non-hydrogen) atoms. The van der Waals surface area contributed by atoms with Crippen molar-refractivity contribution in [1.82, 2.24) is 0 Å². The normalized spacial score (nSPS) is 16.3. The average Bonchev–Trinajstić information content (AvgIpc) is 1.85. The molecule has 0 heterocycles. The molecule has 2 nitrogen and oxygen atoms in total. The molecule has 0 saturated heterocycles. The molecule has 0 aliphatic carbocycles. The van der Waals surface area contributed by atoms with Gasteiger partial charge in [0, 0.05) is 10.7 Å². The minimum absolute atomic E-state index is 0.00535. The van der Waals surface area contributed by atoms with Crippen molar-refractivity contribution in [1.29, 1.82) is 0 Å². The minimum Gasteiger partial charge on any atom is -0.481 e. The Balaban J connectivity index is 3.56. The third-order valence-electron chi connectivity index (χ3n) is 1.60. The summed E-state index contributed by atoms with van der Waals surface area (Å²) in [6, 6.07) is 0. The minimum atomic E-state index is -0.723. The molecule has 0 fully saturated rings. The molecule has 0 aromatic rings. The van der Waals surface area contributed by atoms with E-state index in [-0.39, 0.29) is 10.7 Å². The number of hydrogen-bond acceptors (Lipinski definition) is 1. The van der Waals surface area contributed by atoms with Crippen LogP contribution in [0.15, 0.2) is 0 Å². The Labute approximate surface area is 69.8 Å². The molecular formula is C7H13BrO2. The summed E-state index contributed by atoms with van der Waals surface area (Å²) in [7, 11) is 0. The van der Waals surface area contributed by atoms with E-state index >= 15 is 0 Å². The Hall–Kier alpha value is -0.0500. The van der Waals surface area contributed by atoms with Crippen LogP contribution in [0.3, 0.4) is 0 Å². The van der Waals surface area contributed by atoms with E-state index in [1.54, 1.807) is 0 Å². The van der Waals surface area contributed by atoms with Crippen molar-refractivity contribution in [3.63, 3.8) is 0 Å². The fourth-order valence-corrected chi connectivity index (χ4v) is 0.743. The highest BCUT2D eigenvalue weighted by molar-refractivity contribution is 9.10. The van der Waals surface area contributed by atoms with E-state index in [1.807, 2.05) is 13.8 Å². The van der Waals surface area contributed by atoms with Crippen LogP contribution in [0.25, 0.3) is 0 Å². The number of aliphatic carboxylic acids is 1. The van der Waals surface area contributed by atoms with Crippen molar-refractivity contribution in [3.05, 3.63) is 0 Å². The Morgan fingerprint density at radius 2 is 2.20 bits per heavy atom. The molecule has 1 N–H and O–H groups in total. The highest BCUT2D eigenvalue weighted by atomic mass is 79.9. The van der Waals surface area contributed by atoms with Crippen molar-refractivity contribution >= 4 is 21.9 Å². The molecule has 60 valence electrons. The van der Waals surface area contributed by atoms with Crippen LogP contribution < -0.4 is 0 Å². The van der Waals surface area contributed by atoms with Crippen molar-refractivity contribution in [2.45, 2.75) is 37.4 Å². The summed E-state index contributed by atoms with van der Waals surface area (Å²) in [6.07, 6.45) is 1.90. The molecule has 3 heteroatoms. The third kappa shape index (κ3) is 4.79. The number of rotatable bonds is 4. The Morgan fingerprint density at radius 3 is 2.50 bits per heavy atom. The summed E-state index contributed by atoms with van der Waals surface area (Å²) in [4.78, 5) is 10.1. The fourth-order valence-electron chi connectivity index (χ4n) is 0.544. The fraction of sp³-hybridized carbons (Fsp3) is 0.857. The van der Waals surface area contributed by atoms with Gasteiger partial charge in [0.15, 0.2) is 0 Å². The molecule has 0 aliphatic rings. The van der Waals surface area contributed by atoms with Crippen LogP contribution in [0.2, 0.25) is 0 Å². The number of carboxylic acids is 1. The first kappa shape index (κ1) is 9.95. The van der Waals surface area contributed by atoms with Gasteiger partial charge in [0.25, 0.3) is 0 Å². The summed E-state index contributed by atoms with van der Waals surface area (Å²) in [5, 5.41) is 8.35. The Morgan fingerprint density at radius 1 is 1.70 bits per heavy atom. The zero-order chi connectivity index (χ0) is 8.20. The predicted molar refractivity (Wildman–Crippen MR) is 44.5 cm³/mol.